The number of hydrogen-bond acceptors (Lipinski definition) is 3. The van der Waals surface area contributed by atoms with Crippen LogP contribution in [-0.4, -0.2) is 17.4 Å². The van der Waals surface area contributed by atoms with Gasteiger partial charge in [0.15, 0.2) is 0 Å². The molecule has 0 fully saturated rings. The lowest BCUT2D eigenvalue weighted by atomic mass is 9.99. The Kier molecular flexibility index (Phi) is 4.09. The number of benzene rings is 1. The number of anilines is 2. The number of carbonyl (C=O) groups is 2. The molecule has 20 heavy (non-hydrogen) atoms. The van der Waals surface area contributed by atoms with Gasteiger partial charge in [0.05, 0.1) is 0 Å². The molecular formula is C15H21N3O2. The van der Waals surface area contributed by atoms with E-state index in [4.69, 9.17) is 5.73 Å². The summed E-state index contributed by atoms with van der Waals surface area (Å²) in [6.07, 6.45) is 2.24. The highest BCUT2D eigenvalue weighted by molar-refractivity contribution is 5.95. The first-order valence-corrected chi connectivity index (χ1v) is 6.85. The van der Waals surface area contributed by atoms with Crippen LogP contribution in [0.4, 0.5) is 11.4 Å². The van der Waals surface area contributed by atoms with Crippen molar-refractivity contribution in [3.8, 4) is 0 Å². The molecule has 1 aliphatic heterocycles. The van der Waals surface area contributed by atoms with Gasteiger partial charge in [-0.05, 0) is 50.5 Å². The van der Waals surface area contributed by atoms with Gasteiger partial charge in [-0.1, -0.05) is 0 Å². The highest BCUT2D eigenvalue weighted by atomic mass is 16.2. The molecule has 0 bridgehead atoms. The number of rotatable bonds is 4. The first kappa shape index (κ1) is 14.5. The minimum absolute atomic E-state index is 0.0386. The number of nitrogens with one attached hydrogen (secondary N) is 2. The summed E-state index contributed by atoms with van der Waals surface area (Å²) >= 11 is 0. The Balaban J connectivity index is 1.97. The Morgan fingerprint density at radius 1 is 1.40 bits per heavy atom. The van der Waals surface area contributed by atoms with E-state index < -0.39 is 0 Å². The zero-order chi connectivity index (χ0) is 14.8. The van der Waals surface area contributed by atoms with Gasteiger partial charge in [-0.3, -0.25) is 9.59 Å². The zero-order valence-electron chi connectivity index (χ0n) is 12.0. The molecule has 0 spiro atoms. The van der Waals surface area contributed by atoms with Gasteiger partial charge in [0, 0.05) is 29.8 Å². The molecule has 0 unspecified atom stereocenters. The van der Waals surface area contributed by atoms with E-state index >= 15 is 0 Å². The third kappa shape index (κ3) is 4.06. The van der Waals surface area contributed by atoms with Crippen molar-refractivity contribution in [2.24, 2.45) is 5.73 Å². The van der Waals surface area contributed by atoms with E-state index in [2.05, 4.69) is 10.6 Å². The molecule has 2 amide bonds. The molecule has 108 valence electrons. The molecule has 1 aromatic rings. The SMILES string of the molecule is CC(C)(N)CCC(=O)Nc1ccc2c(c1)CCC(=O)N2. The van der Waals surface area contributed by atoms with E-state index in [-0.39, 0.29) is 17.4 Å². The van der Waals surface area contributed by atoms with Crippen molar-refractivity contribution in [1.29, 1.82) is 0 Å². The summed E-state index contributed by atoms with van der Waals surface area (Å²) in [6, 6.07) is 5.55. The third-order valence-electron chi connectivity index (χ3n) is 3.28. The summed E-state index contributed by atoms with van der Waals surface area (Å²) in [4.78, 5) is 23.1. The monoisotopic (exact) mass is 275 g/mol. The summed E-state index contributed by atoms with van der Waals surface area (Å²) < 4.78 is 0. The van der Waals surface area contributed by atoms with Gasteiger partial charge in [-0.15, -0.1) is 0 Å². The predicted molar refractivity (Wildman–Crippen MR) is 79.5 cm³/mol. The molecule has 0 aliphatic carbocycles. The summed E-state index contributed by atoms with van der Waals surface area (Å²) in [5, 5.41) is 5.69. The molecule has 1 aliphatic rings. The van der Waals surface area contributed by atoms with Gasteiger partial charge in [-0.2, -0.15) is 0 Å². The van der Waals surface area contributed by atoms with Crippen molar-refractivity contribution in [2.45, 2.75) is 45.1 Å². The fourth-order valence-electron chi connectivity index (χ4n) is 2.12. The molecule has 0 saturated heterocycles. The van der Waals surface area contributed by atoms with E-state index in [1.807, 2.05) is 26.0 Å². The smallest absolute Gasteiger partial charge is 0.224 e. The summed E-state index contributed by atoms with van der Waals surface area (Å²) in [7, 11) is 0. The van der Waals surface area contributed by atoms with Crippen LogP contribution in [0, 0.1) is 0 Å². The molecule has 1 heterocycles. The molecule has 2 rings (SSSR count). The first-order valence-electron chi connectivity index (χ1n) is 6.85. The highest BCUT2D eigenvalue weighted by Gasteiger charge is 2.16. The number of nitrogens with two attached hydrogens (primary N) is 1. The Hall–Kier alpha value is -1.88. The topological polar surface area (TPSA) is 84.2 Å². The molecular weight excluding hydrogens is 254 g/mol. The Morgan fingerprint density at radius 3 is 2.85 bits per heavy atom. The minimum Gasteiger partial charge on any atom is -0.326 e. The number of aryl methyl sites for hydroxylation is 1. The zero-order valence-corrected chi connectivity index (χ0v) is 12.0. The van der Waals surface area contributed by atoms with E-state index in [9.17, 15) is 9.59 Å². The van der Waals surface area contributed by atoms with Crippen LogP contribution in [-0.2, 0) is 16.0 Å². The molecule has 0 radical (unpaired) electrons. The maximum absolute atomic E-state index is 11.8. The van der Waals surface area contributed by atoms with Crippen molar-refractivity contribution in [1.82, 2.24) is 0 Å². The molecule has 4 N–H and O–H groups in total. The number of amides is 2. The van der Waals surface area contributed by atoms with Crippen LogP contribution in [0.3, 0.4) is 0 Å². The van der Waals surface area contributed by atoms with Gasteiger partial charge in [0.2, 0.25) is 11.8 Å². The Bertz CT molecular complexity index is 532. The Morgan fingerprint density at radius 2 is 2.15 bits per heavy atom. The lowest BCUT2D eigenvalue weighted by Crippen LogP contribution is -2.33. The molecule has 5 heteroatoms. The van der Waals surface area contributed by atoms with Crippen LogP contribution < -0.4 is 16.4 Å². The van der Waals surface area contributed by atoms with Crippen molar-refractivity contribution < 1.29 is 9.59 Å². The fraction of sp³-hybridized carbons (Fsp3) is 0.467. The maximum Gasteiger partial charge on any atom is 0.224 e. The van der Waals surface area contributed by atoms with Gasteiger partial charge in [0.25, 0.3) is 0 Å². The lowest BCUT2D eigenvalue weighted by molar-refractivity contribution is -0.117. The normalized spacial score (nSPS) is 14.4. The third-order valence-corrected chi connectivity index (χ3v) is 3.28. The summed E-state index contributed by atoms with van der Waals surface area (Å²) in [5.74, 6) is 0.00258. The average Bonchev–Trinajstić information content (AvgIpc) is 2.36. The molecule has 1 aromatic carbocycles. The quantitative estimate of drug-likeness (QED) is 0.786. The minimum atomic E-state index is -0.336. The second-order valence-corrected chi connectivity index (χ2v) is 5.96. The van der Waals surface area contributed by atoms with Crippen molar-refractivity contribution in [2.75, 3.05) is 10.6 Å². The van der Waals surface area contributed by atoms with Crippen LogP contribution >= 0.6 is 0 Å². The van der Waals surface area contributed by atoms with Gasteiger partial charge >= 0.3 is 0 Å². The van der Waals surface area contributed by atoms with Crippen molar-refractivity contribution >= 4 is 23.2 Å². The first-order chi connectivity index (χ1) is 9.33. The van der Waals surface area contributed by atoms with Gasteiger partial charge < -0.3 is 16.4 Å². The van der Waals surface area contributed by atoms with E-state index in [1.165, 1.54) is 0 Å². The predicted octanol–water partition coefficient (Wildman–Crippen LogP) is 2.03. The average molecular weight is 275 g/mol. The highest BCUT2D eigenvalue weighted by Crippen LogP contribution is 2.25. The number of fused-ring (bicyclic) bond motifs is 1. The van der Waals surface area contributed by atoms with Crippen LogP contribution in [0.1, 0.15) is 38.7 Å². The molecule has 5 nitrogen and oxygen atoms in total. The molecule has 0 atom stereocenters. The van der Waals surface area contributed by atoms with Crippen LogP contribution in [0.5, 0.6) is 0 Å². The second-order valence-electron chi connectivity index (χ2n) is 5.96. The van der Waals surface area contributed by atoms with Crippen molar-refractivity contribution in [3.05, 3.63) is 23.8 Å². The molecule has 0 aromatic heterocycles. The van der Waals surface area contributed by atoms with Crippen LogP contribution in [0.15, 0.2) is 18.2 Å². The lowest BCUT2D eigenvalue weighted by Gasteiger charge is -2.19. The maximum atomic E-state index is 11.8. The summed E-state index contributed by atoms with van der Waals surface area (Å²) in [6.45, 7) is 3.81. The van der Waals surface area contributed by atoms with E-state index in [0.29, 0.717) is 25.7 Å². The number of hydrogen-bond donors (Lipinski definition) is 3. The largest absolute Gasteiger partial charge is 0.326 e. The van der Waals surface area contributed by atoms with Gasteiger partial charge in [-0.25, -0.2) is 0 Å². The Labute approximate surface area is 118 Å². The van der Waals surface area contributed by atoms with Gasteiger partial charge in [0.1, 0.15) is 0 Å². The molecule has 0 saturated carbocycles. The summed E-state index contributed by atoms with van der Waals surface area (Å²) in [5.41, 5.74) is 8.18. The van der Waals surface area contributed by atoms with Crippen LogP contribution in [0.25, 0.3) is 0 Å². The van der Waals surface area contributed by atoms with Crippen molar-refractivity contribution in [3.63, 3.8) is 0 Å². The van der Waals surface area contributed by atoms with E-state index in [1.54, 1.807) is 6.07 Å². The fourth-order valence-corrected chi connectivity index (χ4v) is 2.12. The van der Waals surface area contributed by atoms with E-state index in [0.717, 1.165) is 16.9 Å². The number of carbonyl (C=O) groups excluding carboxylic acids is 2. The van der Waals surface area contributed by atoms with Crippen LogP contribution in [0.2, 0.25) is 0 Å². The standard InChI is InChI=1S/C15H21N3O2/c1-15(2,16)8-7-14(20)17-11-4-5-12-10(9-11)3-6-13(19)18-12/h4-5,9H,3,6-8,16H2,1-2H3,(H,17,20)(H,18,19). The second kappa shape index (κ2) is 5.63.